The SMILES string of the molecule is CCONC(=O)[C@H]1CCCNC1. The molecule has 1 rings (SSSR count). The van der Waals surface area contributed by atoms with Crippen LogP contribution in [0.15, 0.2) is 0 Å². The lowest BCUT2D eigenvalue weighted by molar-refractivity contribution is -0.137. The Kier molecular flexibility index (Phi) is 4.04. The Morgan fingerprint density at radius 1 is 1.75 bits per heavy atom. The van der Waals surface area contributed by atoms with Crippen LogP contribution in [-0.2, 0) is 9.63 Å². The monoisotopic (exact) mass is 172 g/mol. The van der Waals surface area contributed by atoms with Gasteiger partial charge in [0.1, 0.15) is 0 Å². The fraction of sp³-hybridized carbons (Fsp3) is 0.875. The normalized spacial score (nSPS) is 23.6. The third-order valence-electron chi connectivity index (χ3n) is 1.98. The van der Waals surface area contributed by atoms with Crippen LogP contribution in [-0.4, -0.2) is 25.6 Å². The Hall–Kier alpha value is -0.610. The third-order valence-corrected chi connectivity index (χ3v) is 1.98. The van der Waals surface area contributed by atoms with Gasteiger partial charge in [-0.1, -0.05) is 0 Å². The molecule has 1 aliphatic rings. The summed E-state index contributed by atoms with van der Waals surface area (Å²) in [4.78, 5) is 16.1. The highest BCUT2D eigenvalue weighted by Gasteiger charge is 2.20. The first-order valence-electron chi connectivity index (χ1n) is 4.47. The summed E-state index contributed by atoms with van der Waals surface area (Å²) < 4.78 is 0. The number of carbonyl (C=O) groups excluding carboxylic acids is 1. The van der Waals surface area contributed by atoms with Crippen LogP contribution in [0.1, 0.15) is 19.8 Å². The van der Waals surface area contributed by atoms with Gasteiger partial charge < -0.3 is 5.32 Å². The molecule has 12 heavy (non-hydrogen) atoms. The van der Waals surface area contributed by atoms with Gasteiger partial charge in [-0.05, 0) is 26.3 Å². The number of hydrogen-bond donors (Lipinski definition) is 2. The van der Waals surface area contributed by atoms with Crippen LogP contribution in [0, 0.1) is 5.92 Å². The summed E-state index contributed by atoms with van der Waals surface area (Å²) in [5, 5.41) is 3.18. The van der Waals surface area contributed by atoms with E-state index in [1.165, 1.54) is 0 Å². The maximum Gasteiger partial charge on any atom is 0.247 e. The van der Waals surface area contributed by atoms with Crippen LogP contribution >= 0.6 is 0 Å². The molecule has 1 fully saturated rings. The highest BCUT2D eigenvalue weighted by Crippen LogP contribution is 2.09. The molecule has 0 bridgehead atoms. The van der Waals surface area contributed by atoms with Crippen molar-refractivity contribution in [3.63, 3.8) is 0 Å². The van der Waals surface area contributed by atoms with Crippen LogP contribution < -0.4 is 10.8 Å². The Balaban J connectivity index is 2.20. The highest BCUT2D eigenvalue weighted by molar-refractivity contribution is 5.77. The molecule has 0 aromatic carbocycles. The Bertz CT molecular complexity index is 144. The fourth-order valence-electron chi connectivity index (χ4n) is 1.30. The molecule has 0 aliphatic carbocycles. The summed E-state index contributed by atoms with van der Waals surface area (Å²) >= 11 is 0. The third kappa shape index (κ3) is 2.79. The van der Waals surface area contributed by atoms with Crippen LogP contribution in [0.2, 0.25) is 0 Å². The summed E-state index contributed by atoms with van der Waals surface area (Å²) in [6.07, 6.45) is 2.04. The molecule has 0 saturated carbocycles. The van der Waals surface area contributed by atoms with E-state index in [1.807, 2.05) is 6.92 Å². The fourth-order valence-corrected chi connectivity index (χ4v) is 1.30. The zero-order chi connectivity index (χ0) is 8.81. The van der Waals surface area contributed by atoms with Crippen molar-refractivity contribution < 1.29 is 9.63 Å². The summed E-state index contributed by atoms with van der Waals surface area (Å²) in [5.41, 5.74) is 2.42. The molecule has 1 atom stereocenters. The van der Waals surface area contributed by atoms with E-state index in [9.17, 15) is 4.79 Å². The van der Waals surface area contributed by atoms with Gasteiger partial charge in [-0.25, -0.2) is 5.48 Å². The van der Waals surface area contributed by atoms with Crippen molar-refractivity contribution in [2.75, 3.05) is 19.7 Å². The smallest absolute Gasteiger partial charge is 0.247 e. The molecule has 0 radical (unpaired) electrons. The maximum absolute atomic E-state index is 11.3. The largest absolute Gasteiger partial charge is 0.316 e. The molecule has 4 heteroatoms. The quantitative estimate of drug-likeness (QED) is 0.592. The maximum atomic E-state index is 11.3. The number of carbonyl (C=O) groups is 1. The van der Waals surface area contributed by atoms with Gasteiger partial charge in [0.15, 0.2) is 0 Å². The number of hydroxylamine groups is 1. The average Bonchev–Trinajstić information content (AvgIpc) is 2.15. The molecule has 2 N–H and O–H groups in total. The first-order chi connectivity index (χ1) is 5.84. The Labute approximate surface area is 72.6 Å². The lowest BCUT2D eigenvalue weighted by Crippen LogP contribution is -2.40. The van der Waals surface area contributed by atoms with Crippen LogP contribution in [0.4, 0.5) is 0 Å². The molecule has 0 aromatic heterocycles. The van der Waals surface area contributed by atoms with Crippen molar-refractivity contribution in [2.45, 2.75) is 19.8 Å². The number of piperidine rings is 1. The first kappa shape index (κ1) is 9.48. The van der Waals surface area contributed by atoms with Gasteiger partial charge >= 0.3 is 0 Å². The van der Waals surface area contributed by atoms with Crippen molar-refractivity contribution in [1.82, 2.24) is 10.8 Å². The minimum atomic E-state index is 0.00375. The molecule has 0 aromatic rings. The minimum absolute atomic E-state index is 0.00375. The van der Waals surface area contributed by atoms with E-state index in [4.69, 9.17) is 4.84 Å². The van der Waals surface area contributed by atoms with E-state index < -0.39 is 0 Å². The first-order valence-corrected chi connectivity index (χ1v) is 4.47. The second-order valence-electron chi connectivity index (χ2n) is 2.94. The molecule has 1 saturated heterocycles. The van der Waals surface area contributed by atoms with Gasteiger partial charge in [0.2, 0.25) is 5.91 Å². The van der Waals surface area contributed by atoms with E-state index in [0.717, 1.165) is 25.9 Å². The highest BCUT2D eigenvalue weighted by atomic mass is 16.6. The Morgan fingerprint density at radius 2 is 2.58 bits per heavy atom. The summed E-state index contributed by atoms with van der Waals surface area (Å²) in [6.45, 7) is 4.17. The standard InChI is InChI=1S/C8H16N2O2/c1-2-12-10-8(11)7-4-3-5-9-6-7/h7,9H,2-6H2,1H3,(H,10,11)/t7-/m0/s1. The lowest BCUT2D eigenvalue weighted by atomic mass is 9.99. The van der Waals surface area contributed by atoms with E-state index in [-0.39, 0.29) is 11.8 Å². The lowest BCUT2D eigenvalue weighted by Gasteiger charge is -2.21. The zero-order valence-electron chi connectivity index (χ0n) is 7.43. The molecular formula is C8H16N2O2. The van der Waals surface area contributed by atoms with Crippen LogP contribution in [0.3, 0.4) is 0 Å². The molecule has 1 aliphatic heterocycles. The van der Waals surface area contributed by atoms with E-state index in [1.54, 1.807) is 0 Å². The van der Waals surface area contributed by atoms with Crippen molar-refractivity contribution in [2.24, 2.45) is 5.92 Å². The van der Waals surface area contributed by atoms with Crippen molar-refractivity contribution >= 4 is 5.91 Å². The molecule has 70 valence electrons. The van der Waals surface area contributed by atoms with Crippen molar-refractivity contribution in [1.29, 1.82) is 0 Å². The summed E-state index contributed by atoms with van der Waals surface area (Å²) in [7, 11) is 0. The number of rotatable bonds is 3. The van der Waals surface area contributed by atoms with Crippen molar-refractivity contribution in [3.05, 3.63) is 0 Å². The van der Waals surface area contributed by atoms with E-state index in [0.29, 0.717) is 6.61 Å². The Morgan fingerprint density at radius 3 is 3.17 bits per heavy atom. The van der Waals surface area contributed by atoms with Gasteiger partial charge in [0.05, 0.1) is 12.5 Å². The average molecular weight is 172 g/mol. The molecule has 0 unspecified atom stereocenters. The molecule has 1 amide bonds. The second-order valence-corrected chi connectivity index (χ2v) is 2.94. The van der Waals surface area contributed by atoms with Gasteiger partial charge in [-0.3, -0.25) is 9.63 Å². The van der Waals surface area contributed by atoms with Gasteiger partial charge in [-0.2, -0.15) is 0 Å². The number of amides is 1. The van der Waals surface area contributed by atoms with Gasteiger partial charge in [-0.15, -0.1) is 0 Å². The topological polar surface area (TPSA) is 50.4 Å². The second kappa shape index (κ2) is 5.11. The van der Waals surface area contributed by atoms with Crippen LogP contribution in [0.25, 0.3) is 0 Å². The number of nitrogens with one attached hydrogen (secondary N) is 2. The molecule has 1 heterocycles. The van der Waals surface area contributed by atoms with Gasteiger partial charge in [0.25, 0.3) is 0 Å². The number of hydrogen-bond acceptors (Lipinski definition) is 3. The predicted molar refractivity (Wildman–Crippen MR) is 45.4 cm³/mol. The van der Waals surface area contributed by atoms with E-state index in [2.05, 4.69) is 10.8 Å². The minimum Gasteiger partial charge on any atom is -0.316 e. The molecular weight excluding hydrogens is 156 g/mol. The molecule has 4 nitrogen and oxygen atoms in total. The summed E-state index contributed by atoms with van der Waals surface area (Å²) in [6, 6.07) is 0. The van der Waals surface area contributed by atoms with Gasteiger partial charge in [0, 0.05) is 6.54 Å². The summed E-state index contributed by atoms with van der Waals surface area (Å²) in [5.74, 6) is 0.0920. The predicted octanol–water partition coefficient (Wildman–Crippen LogP) is 0.0537. The van der Waals surface area contributed by atoms with E-state index >= 15 is 0 Å². The zero-order valence-corrected chi connectivity index (χ0v) is 7.43. The van der Waals surface area contributed by atoms with Crippen molar-refractivity contribution in [3.8, 4) is 0 Å². The van der Waals surface area contributed by atoms with Crippen LogP contribution in [0.5, 0.6) is 0 Å². The molecule has 0 spiro atoms.